The second-order valence-corrected chi connectivity index (χ2v) is 8.21. The van der Waals surface area contributed by atoms with Crippen LogP contribution in [0.25, 0.3) is 17.0 Å². The molecule has 4 rings (SSSR count). The van der Waals surface area contributed by atoms with Crippen molar-refractivity contribution in [2.24, 2.45) is 0 Å². The van der Waals surface area contributed by atoms with E-state index in [2.05, 4.69) is 10.9 Å². The molecule has 6 heteroatoms. The molecular weight excluding hydrogens is 466 g/mol. The van der Waals surface area contributed by atoms with Gasteiger partial charge in [0.25, 0.3) is 5.56 Å². The number of rotatable bonds is 12. The topological polar surface area (TPSA) is 77.6 Å². The molecule has 1 N–H and O–H groups in total. The van der Waals surface area contributed by atoms with Gasteiger partial charge in [-0.05, 0) is 46.9 Å². The van der Waals surface area contributed by atoms with Gasteiger partial charge in [-0.2, -0.15) is 0 Å². The third-order valence-corrected chi connectivity index (χ3v) is 5.60. The lowest BCUT2D eigenvalue weighted by atomic mass is 10.1. The van der Waals surface area contributed by atoms with Crippen LogP contribution in [0.2, 0.25) is 0 Å². The summed E-state index contributed by atoms with van der Waals surface area (Å²) in [5.74, 6) is 2.72. The number of benzene rings is 3. The standard InChI is InChI=1S/C31H27NO5/c1-2-18-35-19-20-36-22-30(24-8-4-3-5-9-24)37-26-15-12-23(13-16-26)14-17-29(33)27-21-25-10-6-7-11-28(25)32-31(27)34/h1,3-17,21,30H,18-20,22H2,(H,32,34)/b17-14+. The number of H-pyrrole nitrogens is 1. The molecule has 0 bridgehead atoms. The lowest BCUT2D eigenvalue weighted by Gasteiger charge is -2.20. The first-order valence-corrected chi connectivity index (χ1v) is 11.9. The summed E-state index contributed by atoms with van der Waals surface area (Å²) in [6, 6.07) is 26.1. The highest BCUT2D eigenvalue weighted by atomic mass is 16.5. The van der Waals surface area contributed by atoms with Gasteiger partial charge in [-0.3, -0.25) is 9.59 Å². The van der Waals surface area contributed by atoms with Crippen LogP contribution in [0.5, 0.6) is 5.75 Å². The molecule has 0 radical (unpaired) electrons. The number of nitrogens with one attached hydrogen (secondary N) is 1. The third kappa shape index (κ3) is 7.28. The van der Waals surface area contributed by atoms with Crippen molar-refractivity contribution in [1.29, 1.82) is 0 Å². The number of carbonyl (C=O) groups is 1. The highest BCUT2D eigenvalue weighted by Gasteiger charge is 2.14. The molecule has 1 heterocycles. The van der Waals surface area contributed by atoms with E-state index in [4.69, 9.17) is 20.6 Å². The maximum absolute atomic E-state index is 12.7. The average molecular weight is 494 g/mol. The molecule has 3 aromatic carbocycles. The van der Waals surface area contributed by atoms with Crippen LogP contribution in [0.15, 0.2) is 95.8 Å². The van der Waals surface area contributed by atoms with E-state index in [9.17, 15) is 9.59 Å². The minimum atomic E-state index is -0.408. The second kappa shape index (κ2) is 13.0. The van der Waals surface area contributed by atoms with Crippen LogP contribution in [0.1, 0.15) is 27.6 Å². The first-order chi connectivity index (χ1) is 18.1. The van der Waals surface area contributed by atoms with E-state index in [0.29, 0.717) is 31.1 Å². The number of para-hydroxylation sites is 1. The molecule has 0 saturated carbocycles. The molecule has 0 aliphatic rings. The maximum atomic E-state index is 12.7. The Hall–Kier alpha value is -4.44. The molecular formula is C31H27NO5. The Morgan fingerprint density at radius 1 is 0.946 bits per heavy atom. The van der Waals surface area contributed by atoms with Gasteiger partial charge in [0, 0.05) is 5.52 Å². The van der Waals surface area contributed by atoms with Crippen molar-refractivity contribution in [3.8, 4) is 18.1 Å². The maximum Gasteiger partial charge on any atom is 0.259 e. The largest absolute Gasteiger partial charge is 0.483 e. The van der Waals surface area contributed by atoms with Crippen LogP contribution >= 0.6 is 0 Å². The fourth-order valence-corrected chi connectivity index (χ4v) is 3.72. The fourth-order valence-electron chi connectivity index (χ4n) is 3.72. The Morgan fingerprint density at radius 3 is 2.46 bits per heavy atom. The van der Waals surface area contributed by atoms with Gasteiger partial charge in [0.05, 0.1) is 25.4 Å². The summed E-state index contributed by atoms with van der Waals surface area (Å²) in [5, 5.41) is 0.803. The van der Waals surface area contributed by atoms with E-state index in [1.54, 1.807) is 18.2 Å². The smallest absolute Gasteiger partial charge is 0.259 e. The molecule has 0 aliphatic heterocycles. The molecule has 0 aliphatic carbocycles. The van der Waals surface area contributed by atoms with E-state index in [0.717, 1.165) is 16.5 Å². The van der Waals surface area contributed by atoms with Gasteiger partial charge in [-0.25, -0.2) is 0 Å². The molecule has 186 valence electrons. The SMILES string of the molecule is C#CCOCCOCC(Oc1ccc(/C=C/C(=O)c2cc3ccccc3[nH]c2=O)cc1)c1ccccc1. The summed E-state index contributed by atoms with van der Waals surface area (Å²) in [7, 11) is 0. The van der Waals surface area contributed by atoms with Crippen LogP contribution in [-0.4, -0.2) is 37.2 Å². The molecule has 0 amide bonds. The minimum absolute atomic E-state index is 0.102. The first kappa shape index (κ1) is 25.6. The normalized spacial score (nSPS) is 11.9. The summed E-state index contributed by atoms with van der Waals surface area (Å²) < 4.78 is 17.2. The average Bonchev–Trinajstić information content (AvgIpc) is 2.93. The van der Waals surface area contributed by atoms with Gasteiger partial charge in [-0.1, -0.05) is 72.7 Å². The van der Waals surface area contributed by atoms with Gasteiger partial charge >= 0.3 is 0 Å². The number of aromatic amines is 1. The third-order valence-electron chi connectivity index (χ3n) is 5.60. The summed E-state index contributed by atoms with van der Waals surface area (Å²) in [6.45, 7) is 1.43. The van der Waals surface area contributed by atoms with Crippen LogP contribution < -0.4 is 10.3 Å². The highest BCUT2D eigenvalue weighted by molar-refractivity contribution is 6.08. The first-order valence-electron chi connectivity index (χ1n) is 11.9. The Morgan fingerprint density at radius 2 is 1.68 bits per heavy atom. The Labute approximate surface area is 215 Å². The van der Waals surface area contributed by atoms with E-state index >= 15 is 0 Å². The predicted octanol–water partition coefficient (Wildman–Crippen LogP) is 5.21. The number of pyridine rings is 1. The Kier molecular flexibility index (Phi) is 9.03. The lowest BCUT2D eigenvalue weighted by molar-refractivity contribution is 0.0171. The van der Waals surface area contributed by atoms with Crippen molar-refractivity contribution in [1.82, 2.24) is 4.98 Å². The number of hydrogen-bond donors (Lipinski definition) is 1. The number of ketones is 1. The number of aromatic nitrogens is 1. The zero-order valence-corrected chi connectivity index (χ0v) is 20.3. The summed E-state index contributed by atoms with van der Waals surface area (Å²) >= 11 is 0. The molecule has 4 aromatic rings. The molecule has 0 saturated heterocycles. The second-order valence-electron chi connectivity index (χ2n) is 8.21. The summed E-state index contributed by atoms with van der Waals surface area (Å²) in [6.07, 6.45) is 7.95. The van der Waals surface area contributed by atoms with Gasteiger partial charge in [0.2, 0.25) is 0 Å². The van der Waals surface area contributed by atoms with Crippen molar-refractivity contribution in [3.05, 3.63) is 118 Å². The predicted molar refractivity (Wildman–Crippen MR) is 145 cm³/mol. The van der Waals surface area contributed by atoms with Crippen LogP contribution in [0.4, 0.5) is 0 Å². The van der Waals surface area contributed by atoms with Crippen molar-refractivity contribution in [2.45, 2.75) is 6.10 Å². The van der Waals surface area contributed by atoms with Crippen molar-refractivity contribution >= 4 is 22.8 Å². The minimum Gasteiger partial charge on any atom is -0.483 e. The van der Waals surface area contributed by atoms with E-state index in [-0.39, 0.29) is 24.1 Å². The molecule has 6 nitrogen and oxygen atoms in total. The monoisotopic (exact) mass is 493 g/mol. The number of allylic oxidation sites excluding steroid dienone is 1. The fraction of sp³-hybridized carbons (Fsp3) is 0.161. The van der Waals surface area contributed by atoms with Crippen molar-refractivity contribution < 1.29 is 19.0 Å². The molecule has 1 unspecified atom stereocenters. The summed E-state index contributed by atoms with van der Waals surface area (Å²) in [5.41, 5.74) is 2.18. The number of terminal acetylenes is 1. The molecule has 0 fully saturated rings. The zero-order chi connectivity index (χ0) is 25.9. The molecule has 37 heavy (non-hydrogen) atoms. The molecule has 1 atom stereocenters. The van der Waals surface area contributed by atoms with Gasteiger partial charge in [0.1, 0.15) is 18.5 Å². The van der Waals surface area contributed by atoms with Gasteiger partial charge in [0.15, 0.2) is 5.78 Å². The number of fused-ring (bicyclic) bond motifs is 1. The van der Waals surface area contributed by atoms with E-state index in [1.807, 2.05) is 72.8 Å². The Bertz CT molecular complexity index is 1450. The van der Waals surface area contributed by atoms with Crippen LogP contribution in [0.3, 0.4) is 0 Å². The highest BCUT2D eigenvalue weighted by Crippen LogP contribution is 2.23. The quantitative estimate of drug-likeness (QED) is 0.127. The lowest BCUT2D eigenvalue weighted by Crippen LogP contribution is -2.17. The number of hydrogen-bond acceptors (Lipinski definition) is 5. The van der Waals surface area contributed by atoms with Crippen LogP contribution in [0, 0.1) is 12.3 Å². The summed E-state index contributed by atoms with van der Waals surface area (Å²) in [4.78, 5) is 27.8. The van der Waals surface area contributed by atoms with Crippen molar-refractivity contribution in [3.63, 3.8) is 0 Å². The van der Waals surface area contributed by atoms with Crippen LogP contribution in [-0.2, 0) is 9.47 Å². The Balaban J connectivity index is 1.40. The number of carbonyl (C=O) groups excluding carboxylic acids is 1. The van der Waals surface area contributed by atoms with E-state index < -0.39 is 5.56 Å². The van der Waals surface area contributed by atoms with Crippen molar-refractivity contribution in [2.75, 3.05) is 26.4 Å². The van der Waals surface area contributed by atoms with Gasteiger partial charge in [-0.15, -0.1) is 6.42 Å². The molecule has 0 spiro atoms. The van der Waals surface area contributed by atoms with Gasteiger partial charge < -0.3 is 19.2 Å². The number of ether oxygens (including phenoxy) is 3. The zero-order valence-electron chi connectivity index (χ0n) is 20.3. The molecule has 1 aromatic heterocycles. The van der Waals surface area contributed by atoms with E-state index in [1.165, 1.54) is 6.08 Å².